The maximum absolute atomic E-state index is 14.2. The number of nitrogens with one attached hydrogen (secondary N) is 2. The fourth-order valence-corrected chi connectivity index (χ4v) is 6.78. The van der Waals surface area contributed by atoms with Crippen LogP contribution in [0.15, 0.2) is 42.5 Å². The summed E-state index contributed by atoms with van der Waals surface area (Å²) in [5.74, 6) is -3.89. The van der Waals surface area contributed by atoms with Gasteiger partial charge in [0.2, 0.25) is 5.88 Å². The molecule has 2 aromatic carbocycles. The van der Waals surface area contributed by atoms with E-state index in [1.165, 1.54) is 0 Å². The first-order valence-corrected chi connectivity index (χ1v) is 18.9. The number of anilines is 1. The highest BCUT2D eigenvalue weighted by molar-refractivity contribution is 6.74. The van der Waals surface area contributed by atoms with Crippen molar-refractivity contribution in [2.75, 3.05) is 59.0 Å². The van der Waals surface area contributed by atoms with E-state index >= 15 is 0 Å². The topological polar surface area (TPSA) is 99.1 Å². The fourth-order valence-electron chi connectivity index (χ4n) is 5.46. The lowest BCUT2D eigenvalue weighted by Gasteiger charge is -2.39. The van der Waals surface area contributed by atoms with Gasteiger partial charge in [-0.05, 0) is 54.9 Å². The van der Waals surface area contributed by atoms with E-state index in [4.69, 9.17) is 23.7 Å². The van der Waals surface area contributed by atoms with Gasteiger partial charge in [0.15, 0.2) is 25.8 Å². The number of para-hydroxylation sites is 1. The third-order valence-electron chi connectivity index (χ3n) is 9.10. The maximum Gasteiger partial charge on any atom is 0.320 e. The number of aromatic nitrogens is 2. The molecule has 264 valence electrons. The predicted molar refractivity (Wildman–Crippen MR) is 181 cm³/mol. The summed E-state index contributed by atoms with van der Waals surface area (Å²) < 4.78 is 67.3. The number of likely N-dealkylation sites (tertiary alicyclic amines) is 1. The number of urea groups is 1. The van der Waals surface area contributed by atoms with Crippen LogP contribution in [-0.2, 0) is 13.9 Å². The standard InChI is InChI=1S/C34H48F3N5O5Si/c1-22-31(39-33(43)38-29-19-41(14-15-44-5)18-26(29)23-16-27(35)30(37)28(36)17-23)42(24-12-10-9-11-13-24)40-32(22)46-21-25(20-45-6)47-48(7,8)34(2,3)4/h9-13,16-17,25-26,29H,14-15,18-21H2,1-8H3,(H2,38,39,43)/t25-,26+,29-/m1/s1. The number of amides is 2. The summed E-state index contributed by atoms with van der Waals surface area (Å²) in [6.45, 7) is 14.9. The predicted octanol–water partition coefficient (Wildman–Crippen LogP) is 6.25. The van der Waals surface area contributed by atoms with Gasteiger partial charge in [0.05, 0.1) is 30.5 Å². The average Bonchev–Trinajstić information content (AvgIpc) is 3.57. The third-order valence-corrected chi connectivity index (χ3v) is 13.6. The number of methoxy groups -OCH3 is 2. The molecule has 1 aliphatic heterocycles. The number of nitrogens with zero attached hydrogens (tertiary/aromatic N) is 3. The Kier molecular flexibility index (Phi) is 12.3. The summed E-state index contributed by atoms with van der Waals surface area (Å²) in [7, 11) is 1.07. The second-order valence-corrected chi connectivity index (χ2v) is 18.4. The van der Waals surface area contributed by atoms with E-state index in [0.717, 1.165) is 12.1 Å². The number of halogens is 3. The van der Waals surface area contributed by atoms with E-state index < -0.39 is 43.8 Å². The molecular weight excluding hydrogens is 643 g/mol. The Morgan fingerprint density at radius 3 is 2.31 bits per heavy atom. The Morgan fingerprint density at radius 2 is 1.71 bits per heavy atom. The van der Waals surface area contributed by atoms with Crippen LogP contribution in [0.3, 0.4) is 0 Å². The monoisotopic (exact) mass is 691 g/mol. The van der Waals surface area contributed by atoms with Crippen LogP contribution in [-0.4, -0.2) is 94.8 Å². The summed E-state index contributed by atoms with van der Waals surface area (Å²) in [5, 5.41) is 10.6. The molecule has 2 amide bonds. The zero-order valence-electron chi connectivity index (χ0n) is 29.0. The Hall–Kier alpha value is -3.43. The van der Waals surface area contributed by atoms with E-state index in [9.17, 15) is 18.0 Å². The van der Waals surface area contributed by atoms with Crippen molar-refractivity contribution in [3.05, 3.63) is 71.0 Å². The summed E-state index contributed by atoms with van der Waals surface area (Å²) in [5.41, 5.74) is 1.53. The van der Waals surface area contributed by atoms with Gasteiger partial charge in [-0.3, -0.25) is 10.2 Å². The SMILES string of the molecule is COCCN1C[C@@H](NC(=O)Nc2c(C)c(OC[C@@H](COC)O[Si](C)(C)C(C)(C)C)nn2-c2ccccc2)[C@H](c2cc(F)c(F)c(F)c2)C1. The molecule has 1 saturated heterocycles. The van der Waals surface area contributed by atoms with Gasteiger partial charge < -0.3 is 24.0 Å². The molecule has 2 N–H and O–H groups in total. The van der Waals surface area contributed by atoms with Crippen LogP contribution >= 0.6 is 0 Å². The van der Waals surface area contributed by atoms with Crippen LogP contribution in [0.25, 0.3) is 5.69 Å². The molecule has 1 aromatic heterocycles. The minimum Gasteiger partial charge on any atom is -0.474 e. The molecule has 3 aromatic rings. The van der Waals surface area contributed by atoms with Crippen LogP contribution in [0.4, 0.5) is 23.8 Å². The second kappa shape index (κ2) is 15.9. The van der Waals surface area contributed by atoms with Crippen molar-refractivity contribution in [2.45, 2.75) is 63.9 Å². The molecule has 1 fully saturated rings. The molecule has 4 rings (SSSR count). The van der Waals surface area contributed by atoms with Crippen LogP contribution in [0.2, 0.25) is 18.1 Å². The average molecular weight is 692 g/mol. The number of hydrogen-bond acceptors (Lipinski definition) is 7. The van der Waals surface area contributed by atoms with Crippen molar-refractivity contribution in [1.29, 1.82) is 0 Å². The molecule has 0 unspecified atom stereocenters. The van der Waals surface area contributed by atoms with Gasteiger partial charge in [-0.15, -0.1) is 5.10 Å². The van der Waals surface area contributed by atoms with Crippen LogP contribution in [0, 0.1) is 24.4 Å². The number of rotatable bonds is 14. The zero-order chi connectivity index (χ0) is 35.2. The Bertz CT molecular complexity index is 1510. The molecule has 10 nitrogen and oxygen atoms in total. The van der Waals surface area contributed by atoms with Crippen molar-refractivity contribution in [1.82, 2.24) is 20.0 Å². The van der Waals surface area contributed by atoms with Crippen LogP contribution in [0.5, 0.6) is 5.88 Å². The highest BCUT2D eigenvalue weighted by Gasteiger charge is 2.40. The van der Waals surface area contributed by atoms with E-state index in [1.54, 1.807) is 25.8 Å². The summed E-state index contributed by atoms with van der Waals surface area (Å²) in [6, 6.07) is 10.2. The first-order valence-electron chi connectivity index (χ1n) is 16.0. The highest BCUT2D eigenvalue weighted by Crippen LogP contribution is 2.38. The molecule has 14 heteroatoms. The van der Waals surface area contributed by atoms with E-state index in [0.29, 0.717) is 55.8 Å². The number of carbonyl (C=O) groups is 1. The molecule has 0 bridgehead atoms. The van der Waals surface area contributed by atoms with E-state index in [2.05, 4.69) is 44.5 Å². The molecule has 0 saturated carbocycles. The zero-order valence-corrected chi connectivity index (χ0v) is 30.0. The molecule has 2 heterocycles. The Labute approximate surface area is 282 Å². The molecule has 3 atom stereocenters. The first kappa shape index (κ1) is 37.4. The lowest BCUT2D eigenvalue weighted by molar-refractivity contribution is 0.0384. The van der Waals surface area contributed by atoms with Crippen LogP contribution in [0.1, 0.15) is 37.8 Å². The van der Waals surface area contributed by atoms with E-state index in [-0.39, 0.29) is 23.3 Å². The summed E-state index contributed by atoms with van der Waals surface area (Å²) in [6.07, 6.45) is -0.335. The quantitative estimate of drug-likeness (QED) is 0.152. The van der Waals surface area contributed by atoms with Crippen molar-refractivity contribution in [3.8, 4) is 11.6 Å². The number of carbonyl (C=O) groups excluding carboxylic acids is 1. The van der Waals surface area contributed by atoms with Gasteiger partial charge in [0, 0.05) is 39.8 Å². The smallest absolute Gasteiger partial charge is 0.320 e. The van der Waals surface area contributed by atoms with Crippen molar-refractivity contribution in [2.24, 2.45) is 0 Å². The lowest BCUT2D eigenvalue weighted by Crippen LogP contribution is -2.46. The van der Waals surface area contributed by atoms with Gasteiger partial charge in [0.25, 0.3) is 0 Å². The van der Waals surface area contributed by atoms with Crippen LogP contribution < -0.4 is 15.4 Å². The minimum atomic E-state index is -2.13. The molecule has 0 aliphatic carbocycles. The summed E-state index contributed by atoms with van der Waals surface area (Å²) in [4.78, 5) is 15.6. The minimum absolute atomic E-state index is 0.00753. The van der Waals surface area contributed by atoms with E-state index in [1.807, 2.05) is 35.2 Å². The maximum atomic E-state index is 14.2. The van der Waals surface area contributed by atoms with Gasteiger partial charge >= 0.3 is 6.03 Å². The molecular formula is C34H48F3N5O5Si. The Balaban J connectivity index is 1.57. The first-order chi connectivity index (χ1) is 22.6. The molecule has 1 aliphatic rings. The third kappa shape index (κ3) is 8.97. The number of hydrogen-bond donors (Lipinski definition) is 2. The van der Waals surface area contributed by atoms with Crippen molar-refractivity contribution in [3.63, 3.8) is 0 Å². The Morgan fingerprint density at radius 1 is 1.04 bits per heavy atom. The lowest BCUT2D eigenvalue weighted by atomic mass is 9.94. The largest absolute Gasteiger partial charge is 0.474 e. The second-order valence-electron chi connectivity index (χ2n) is 13.7. The highest BCUT2D eigenvalue weighted by atomic mass is 28.4. The van der Waals surface area contributed by atoms with Gasteiger partial charge in [-0.2, -0.15) is 0 Å². The normalized spacial score (nSPS) is 17.8. The van der Waals surface area contributed by atoms with Gasteiger partial charge in [-0.25, -0.2) is 22.6 Å². The fraction of sp³-hybridized carbons (Fsp3) is 0.529. The molecule has 0 spiro atoms. The van der Waals surface area contributed by atoms with Crippen molar-refractivity contribution < 1.29 is 36.6 Å². The molecule has 48 heavy (non-hydrogen) atoms. The summed E-state index contributed by atoms with van der Waals surface area (Å²) >= 11 is 0. The molecule has 0 radical (unpaired) electrons. The van der Waals surface area contributed by atoms with Crippen molar-refractivity contribution >= 4 is 20.2 Å². The van der Waals surface area contributed by atoms with Gasteiger partial charge in [0.1, 0.15) is 18.5 Å². The van der Waals surface area contributed by atoms with Gasteiger partial charge in [-0.1, -0.05) is 39.0 Å². The number of benzene rings is 2. The number of ether oxygens (including phenoxy) is 3.